The minimum Gasteiger partial charge on any atom is -0.370 e. The smallest absolute Gasteiger partial charge is 0.169 e. The van der Waals surface area contributed by atoms with E-state index in [1.807, 2.05) is 17.8 Å². The molecule has 0 radical (unpaired) electrons. The number of methoxy groups -OCH3 is 1. The summed E-state index contributed by atoms with van der Waals surface area (Å²) in [6.45, 7) is 2.87. The summed E-state index contributed by atoms with van der Waals surface area (Å²) in [5.74, 6) is 0.209. The molecule has 0 amide bonds. The Morgan fingerprint density at radius 1 is 1.44 bits per heavy atom. The van der Waals surface area contributed by atoms with Crippen molar-refractivity contribution in [1.82, 2.24) is 9.78 Å². The van der Waals surface area contributed by atoms with Gasteiger partial charge in [0.2, 0.25) is 0 Å². The average Bonchev–Trinajstić information content (AvgIpc) is 2.87. The first-order chi connectivity index (χ1) is 8.70. The zero-order valence-electron chi connectivity index (χ0n) is 11.3. The molecule has 2 rings (SSSR count). The Morgan fingerprint density at radius 3 is 2.72 bits per heavy atom. The molecule has 1 aromatic rings. The van der Waals surface area contributed by atoms with E-state index in [1.165, 1.54) is 6.42 Å². The van der Waals surface area contributed by atoms with Crippen LogP contribution in [-0.4, -0.2) is 28.3 Å². The molecule has 1 aromatic heterocycles. The molecule has 4 nitrogen and oxygen atoms in total. The lowest BCUT2D eigenvalue weighted by Crippen LogP contribution is -2.43. The zero-order chi connectivity index (χ0) is 13.0. The fourth-order valence-electron chi connectivity index (χ4n) is 2.74. The molecule has 100 valence electrons. The average molecular weight is 250 g/mol. The summed E-state index contributed by atoms with van der Waals surface area (Å²) >= 11 is 0. The summed E-state index contributed by atoms with van der Waals surface area (Å²) in [5, 5.41) is 4.21. The van der Waals surface area contributed by atoms with Gasteiger partial charge in [0.25, 0.3) is 0 Å². The zero-order valence-corrected chi connectivity index (χ0v) is 11.3. The van der Waals surface area contributed by atoms with Gasteiger partial charge in [0.15, 0.2) is 5.78 Å². The van der Waals surface area contributed by atoms with Crippen molar-refractivity contribution in [2.75, 3.05) is 7.11 Å². The molecular weight excluding hydrogens is 228 g/mol. The van der Waals surface area contributed by atoms with E-state index in [4.69, 9.17) is 4.74 Å². The standard InChI is InChI=1S/C14H22N2O2/c1-3-16-11-12(10-15-16)9-13(17)14(18-2)7-5-4-6-8-14/h10-11H,3-9H2,1-2H3. The predicted molar refractivity (Wildman–Crippen MR) is 69.4 cm³/mol. The monoisotopic (exact) mass is 250 g/mol. The second kappa shape index (κ2) is 5.65. The second-order valence-corrected chi connectivity index (χ2v) is 5.06. The number of carbonyl (C=O) groups excluding carboxylic acids is 1. The quantitative estimate of drug-likeness (QED) is 0.805. The molecule has 1 fully saturated rings. The van der Waals surface area contributed by atoms with Crippen LogP contribution in [0.2, 0.25) is 0 Å². The summed E-state index contributed by atoms with van der Waals surface area (Å²) in [4.78, 5) is 12.5. The van der Waals surface area contributed by atoms with Crippen LogP contribution in [0.4, 0.5) is 0 Å². The molecule has 0 unspecified atom stereocenters. The fraction of sp³-hybridized carbons (Fsp3) is 0.714. The van der Waals surface area contributed by atoms with Gasteiger partial charge < -0.3 is 4.74 Å². The normalized spacial score (nSPS) is 18.8. The Morgan fingerprint density at radius 2 is 2.17 bits per heavy atom. The van der Waals surface area contributed by atoms with E-state index in [9.17, 15) is 4.79 Å². The first kappa shape index (κ1) is 13.3. The van der Waals surface area contributed by atoms with Crippen molar-refractivity contribution >= 4 is 5.78 Å². The SMILES string of the molecule is CCn1cc(CC(=O)C2(OC)CCCCC2)cn1. The molecule has 0 atom stereocenters. The third-order valence-electron chi connectivity index (χ3n) is 3.94. The number of ketones is 1. The highest BCUT2D eigenvalue weighted by Gasteiger charge is 2.38. The van der Waals surface area contributed by atoms with Gasteiger partial charge in [0.1, 0.15) is 5.60 Å². The summed E-state index contributed by atoms with van der Waals surface area (Å²) in [7, 11) is 1.67. The summed E-state index contributed by atoms with van der Waals surface area (Å²) in [5.41, 5.74) is 0.455. The van der Waals surface area contributed by atoms with Crippen molar-refractivity contribution in [1.29, 1.82) is 0 Å². The summed E-state index contributed by atoms with van der Waals surface area (Å²) in [6, 6.07) is 0. The van der Waals surface area contributed by atoms with Gasteiger partial charge in [-0.05, 0) is 25.3 Å². The lowest BCUT2D eigenvalue weighted by atomic mass is 9.80. The van der Waals surface area contributed by atoms with E-state index in [0.29, 0.717) is 6.42 Å². The number of aromatic nitrogens is 2. The van der Waals surface area contributed by atoms with E-state index in [2.05, 4.69) is 5.10 Å². The van der Waals surface area contributed by atoms with Crippen LogP contribution >= 0.6 is 0 Å². The Balaban J connectivity index is 2.05. The van der Waals surface area contributed by atoms with E-state index in [0.717, 1.165) is 37.8 Å². The van der Waals surface area contributed by atoms with Gasteiger partial charge in [0.05, 0.1) is 6.20 Å². The van der Waals surface area contributed by atoms with Crippen LogP contribution < -0.4 is 0 Å². The molecule has 1 aliphatic carbocycles. The number of ether oxygens (including phenoxy) is 1. The predicted octanol–water partition coefficient (Wildman–Crippen LogP) is 2.36. The van der Waals surface area contributed by atoms with Gasteiger partial charge in [-0.1, -0.05) is 19.3 Å². The van der Waals surface area contributed by atoms with Gasteiger partial charge in [-0.25, -0.2) is 0 Å². The van der Waals surface area contributed by atoms with Crippen LogP contribution in [0.3, 0.4) is 0 Å². The Kier molecular flexibility index (Phi) is 4.17. The molecule has 0 bridgehead atoms. The minimum atomic E-state index is -0.535. The third-order valence-corrected chi connectivity index (χ3v) is 3.94. The molecule has 1 aliphatic rings. The van der Waals surface area contributed by atoms with E-state index < -0.39 is 5.60 Å². The molecule has 4 heteroatoms. The largest absolute Gasteiger partial charge is 0.370 e. The van der Waals surface area contributed by atoms with E-state index in [1.54, 1.807) is 13.3 Å². The van der Waals surface area contributed by atoms with Crippen LogP contribution in [0, 0.1) is 0 Å². The van der Waals surface area contributed by atoms with Crippen molar-refractivity contribution < 1.29 is 9.53 Å². The highest BCUT2D eigenvalue weighted by molar-refractivity contribution is 5.89. The maximum atomic E-state index is 12.5. The highest BCUT2D eigenvalue weighted by Crippen LogP contribution is 2.32. The minimum absolute atomic E-state index is 0.209. The first-order valence-corrected chi connectivity index (χ1v) is 6.80. The van der Waals surface area contributed by atoms with Crippen LogP contribution in [-0.2, 0) is 22.5 Å². The summed E-state index contributed by atoms with van der Waals surface area (Å²) in [6.07, 6.45) is 9.30. The lowest BCUT2D eigenvalue weighted by Gasteiger charge is -2.34. The summed E-state index contributed by atoms with van der Waals surface area (Å²) < 4.78 is 7.42. The second-order valence-electron chi connectivity index (χ2n) is 5.06. The third kappa shape index (κ3) is 2.64. The Labute approximate surface area is 108 Å². The lowest BCUT2D eigenvalue weighted by molar-refractivity contribution is -0.144. The van der Waals surface area contributed by atoms with Gasteiger partial charge >= 0.3 is 0 Å². The Hall–Kier alpha value is -1.16. The van der Waals surface area contributed by atoms with Crippen LogP contribution in [0.15, 0.2) is 12.4 Å². The number of carbonyl (C=O) groups is 1. The number of hydrogen-bond acceptors (Lipinski definition) is 3. The molecule has 18 heavy (non-hydrogen) atoms. The Bertz CT molecular complexity index is 406. The van der Waals surface area contributed by atoms with Crippen molar-refractivity contribution in [3.8, 4) is 0 Å². The molecule has 1 saturated carbocycles. The van der Waals surface area contributed by atoms with Gasteiger partial charge in [-0.3, -0.25) is 9.48 Å². The van der Waals surface area contributed by atoms with Crippen molar-refractivity contribution in [3.05, 3.63) is 18.0 Å². The maximum absolute atomic E-state index is 12.5. The molecule has 0 N–H and O–H groups in total. The number of Topliss-reactive ketones (excluding diaryl/α,β-unsaturated/α-hetero) is 1. The van der Waals surface area contributed by atoms with Gasteiger partial charge in [-0.2, -0.15) is 5.10 Å². The van der Waals surface area contributed by atoms with Crippen molar-refractivity contribution in [2.45, 2.75) is 57.6 Å². The van der Waals surface area contributed by atoms with Crippen LogP contribution in [0.1, 0.15) is 44.6 Å². The molecule has 1 heterocycles. The molecular formula is C14H22N2O2. The van der Waals surface area contributed by atoms with E-state index in [-0.39, 0.29) is 5.78 Å². The highest BCUT2D eigenvalue weighted by atomic mass is 16.5. The van der Waals surface area contributed by atoms with Crippen molar-refractivity contribution in [2.24, 2.45) is 0 Å². The molecule has 0 spiro atoms. The van der Waals surface area contributed by atoms with Crippen molar-refractivity contribution in [3.63, 3.8) is 0 Å². The first-order valence-electron chi connectivity index (χ1n) is 6.80. The molecule has 0 aromatic carbocycles. The number of rotatable bonds is 5. The molecule has 0 saturated heterocycles. The van der Waals surface area contributed by atoms with E-state index >= 15 is 0 Å². The van der Waals surface area contributed by atoms with Gasteiger partial charge in [-0.15, -0.1) is 0 Å². The number of hydrogen-bond donors (Lipinski definition) is 0. The van der Waals surface area contributed by atoms with Gasteiger partial charge in [0, 0.05) is 26.3 Å². The fourth-order valence-corrected chi connectivity index (χ4v) is 2.74. The topological polar surface area (TPSA) is 44.1 Å². The van der Waals surface area contributed by atoms with Crippen LogP contribution in [0.25, 0.3) is 0 Å². The van der Waals surface area contributed by atoms with Crippen LogP contribution in [0.5, 0.6) is 0 Å². The number of aryl methyl sites for hydroxylation is 1. The number of nitrogens with zero attached hydrogens (tertiary/aromatic N) is 2. The molecule has 0 aliphatic heterocycles. The maximum Gasteiger partial charge on any atom is 0.169 e.